The summed E-state index contributed by atoms with van der Waals surface area (Å²) in [5, 5.41) is 7.29. The fraction of sp³-hybridized carbons (Fsp3) is 0.421. The van der Waals surface area contributed by atoms with E-state index in [0.717, 1.165) is 0 Å². The van der Waals surface area contributed by atoms with Crippen LogP contribution in [0, 0.1) is 12.8 Å². The molecule has 2 rings (SSSR count). The molecule has 1 aromatic carbocycles. The van der Waals surface area contributed by atoms with E-state index in [1.807, 2.05) is 27.7 Å². The van der Waals surface area contributed by atoms with Gasteiger partial charge in [0.15, 0.2) is 11.5 Å². The van der Waals surface area contributed by atoms with E-state index < -0.39 is 6.04 Å². The molecule has 0 fully saturated rings. The van der Waals surface area contributed by atoms with Crippen LogP contribution in [0.15, 0.2) is 28.8 Å². The molecule has 1 atom stereocenters. The van der Waals surface area contributed by atoms with Crippen molar-refractivity contribution in [2.24, 2.45) is 5.92 Å². The molecule has 134 valence electrons. The molecule has 6 heteroatoms. The number of halogens is 1. The average molecular weight is 363 g/mol. The van der Waals surface area contributed by atoms with Crippen LogP contribution >= 0.6 is 11.6 Å². The zero-order chi connectivity index (χ0) is 18.7. The minimum absolute atomic E-state index is 0.0198. The first kappa shape index (κ1) is 19.2. The van der Waals surface area contributed by atoms with Crippen molar-refractivity contribution >= 4 is 23.3 Å². The van der Waals surface area contributed by atoms with Gasteiger partial charge >= 0.3 is 0 Å². The second-order valence-electron chi connectivity index (χ2n) is 6.73. The normalized spacial score (nSPS) is 12.5. The molecule has 2 aromatic rings. The van der Waals surface area contributed by atoms with E-state index in [2.05, 4.69) is 10.5 Å². The highest BCUT2D eigenvalue weighted by atomic mass is 35.5. The number of aromatic nitrogens is 1. The molecule has 25 heavy (non-hydrogen) atoms. The van der Waals surface area contributed by atoms with Crippen LogP contribution in [0.25, 0.3) is 0 Å². The van der Waals surface area contributed by atoms with E-state index in [1.54, 1.807) is 31.2 Å². The van der Waals surface area contributed by atoms with Gasteiger partial charge in [0.2, 0.25) is 0 Å². The third-order valence-electron chi connectivity index (χ3n) is 4.01. The van der Waals surface area contributed by atoms with Gasteiger partial charge < -0.3 is 9.84 Å². The number of nitrogens with zero attached hydrogens (tertiary/aromatic N) is 1. The summed E-state index contributed by atoms with van der Waals surface area (Å²) in [5.74, 6) is -0.0265. The van der Waals surface area contributed by atoms with E-state index in [4.69, 9.17) is 16.1 Å². The van der Waals surface area contributed by atoms with Crippen molar-refractivity contribution in [1.82, 2.24) is 10.5 Å². The molecule has 1 unspecified atom stereocenters. The third-order valence-corrected chi connectivity index (χ3v) is 4.26. The lowest BCUT2D eigenvalue weighted by Gasteiger charge is -2.21. The highest BCUT2D eigenvalue weighted by Gasteiger charge is 2.29. The number of hydrogen-bond donors (Lipinski definition) is 1. The van der Waals surface area contributed by atoms with Crippen molar-refractivity contribution < 1.29 is 14.1 Å². The second-order valence-corrected chi connectivity index (χ2v) is 7.16. The maximum atomic E-state index is 12.8. The summed E-state index contributed by atoms with van der Waals surface area (Å²) in [5.41, 5.74) is 1.43. The number of benzene rings is 1. The molecule has 1 aromatic heterocycles. The average Bonchev–Trinajstić information content (AvgIpc) is 2.94. The smallest absolute Gasteiger partial charge is 0.257 e. The molecule has 0 aliphatic rings. The number of nitrogens with one attached hydrogen (secondary N) is 1. The van der Waals surface area contributed by atoms with Gasteiger partial charge in [-0.05, 0) is 37.1 Å². The SMILES string of the molecule is Cc1noc(C(C)C)c1C(=O)NC(C(=O)c1ccc(Cl)cc1)C(C)C. The first-order valence-corrected chi connectivity index (χ1v) is 8.67. The Labute approximate surface area is 152 Å². The van der Waals surface area contributed by atoms with Crippen molar-refractivity contribution in [3.63, 3.8) is 0 Å². The monoisotopic (exact) mass is 362 g/mol. The third kappa shape index (κ3) is 4.28. The highest BCUT2D eigenvalue weighted by molar-refractivity contribution is 6.30. The second kappa shape index (κ2) is 7.83. The van der Waals surface area contributed by atoms with Crippen LogP contribution in [0.5, 0.6) is 0 Å². The highest BCUT2D eigenvalue weighted by Crippen LogP contribution is 2.23. The van der Waals surface area contributed by atoms with E-state index in [-0.39, 0.29) is 23.5 Å². The Bertz CT molecular complexity index is 763. The van der Waals surface area contributed by atoms with Gasteiger partial charge in [0.25, 0.3) is 5.91 Å². The largest absolute Gasteiger partial charge is 0.360 e. The van der Waals surface area contributed by atoms with Crippen LogP contribution < -0.4 is 5.32 Å². The molecule has 0 saturated heterocycles. The quantitative estimate of drug-likeness (QED) is 0.773. The summed E-state index contributed by atoms with van der Waals surface area (Å²) in [7, 11) is 0. The first-order chi connectivity index (χ1) is 11.7. The lowest BCUT2D eigenvalue weighted by Crippen LogP contribution is -2.44. The fourth-order valence-electron chi connectivity index (χ4n) is 2.60. The van der Waals surface area contributed by atoms with E-state index in [0.29, 0.717) is 27.6 Å². The minimum atomic E-state index is -0.650. The lowest BCUT2D eigenvalue weighted by molar-refractivity contribution is 0.0829. The number of carbonyl (C=O) groups is 2. The Hall–Kier alpha value is -2.14. The lowest BCUT2D eigenvalue weighted by atomic mass is 9.94. The fourth-order valence-corrected chi connectivity index (χ4v) is 2.73. The standard InChI is InChI=1S/C19H23ClN2O3/c1-10(2)16(17(23)13-6-8-14(20)9-7-13)21-19(24)15-12(5)22-25-18(15)11(3)4/h6-11,16H,1-5H3,(H,21,24). The summed E-state index contributed by atoms with van der Waals surface area (Å²) >= 11 is 5.88. The van der Waals surface area contributed by atoms with Gasteiger partial charge in [-0.2, -0.15) is 0 Å². The predicted octanol–water partition coefficient (Wildman–Crippen LogP) is 4.40. The number of carbonyl (C=O) groups excluding carboxylic acids is 2. The molecule has 0 saturated carbocycles. The summed E-state index contributed by atoms with van der Waals surface area (Å²) in [6, 6.07) is 6.00. The molecule has 1 heterocycles. The van der Waals surface area contributed by atoms with Gasteiger partial charge in [-0.15, -0.1) is 0 Å². The van der Waals surface area contributed by atoms with Crippen LogP contribution in [0.4, 0.5) is 0 Å². The van der Waals surface area contributed by atoms with E-state index >= 15 is 0 Å². The molecular weight excluding hydrogens is 340 g/mol. The van der Waals surface area contributed by atoms with Gasteiger partial charge in [0.05, 0.1) is 11.7 Å². The van der Waals surface area contributed by atoms with E-state index in [1.165, 1.54) is 0 Å². The Balaban J connectivity index is 2.28. The van der Waals surface area contributed by atoms with Crippen molar-refractivity contribution in [2.45, 2.75) is 46.6 Å². The van der Waals surface area contributed by atoms with Gasteiger partial charge in [-0.1, -0.05) is 44.5 Å². The van der Waals surface area contributed by atoms with Crippen LogP contribution in [0.3, 0.4) is 0 Å². The molecule has 0 spiro atoms. The summed E-state index contributed by atoms with van der Waals surface area (Å²) < 4.78 is 5.27. The molecule has 1 N–H and O–H groups in total. The number of rotatable bonds is 6. The topological polar surface area (TPSA) is 72.2 Å². The van der Waals surface area contributed by atoms with Crippen molar-refractivity contribution in [2.75, 3.05) is 0 Å². The van der Waals surface area contributed by atoms with Crippen molar-refractivity contribution in [3.05, 3.63) is 51.9 Å². The summed E-state index contributed by atoms with van der Waals surface area (Å²) in [4.78, 5) is 25.6. The zero-order valence-electron chi connectivity index (χ0n) is 15.1. The Morgan fingerprint density at radius 3 is 2.24 bits per heavy atom. The summed E-state index contributed by atoms with van der Waals surface area (Å²) in [6.07, 6.45) is 0. The van der Waals surface area contributed by atoms with Gasteiger partial charge in [-0.25, -0.2) is 0 Å². The van der Waals surface area contributed by atoms with Gasteiger partial charge in [0.1, 0.15) is 5.56 Å². The van der Waals surface area contributed by atoms with Crippen molar-refractivity contribution in [3.8, 4) is 0 Å². The van der Waals surface area contributed by atoms with Gasteiger partial charge in [0, 0.05) is 16.5 Å². The number of ketones is 1. The van der Waals surface area contributed by atoms with Crippen LogP contribution in [0.2, 0.25) is 5.02 Å². The number of hydrogen-bond acceptors (Lipinski definition) is 4. The van der Waals surface area contributed by atoms with Crippen LogP contribution in [-0.2, 0) is 0 Å². The number of amides is 1. The molecule has 0 aliphatic carbocycles. The Kier molecular flexibility index (Phi) is 6.01. The zero-order valence-corrected chi connectivity index (χ0v) is 15.8. The number of aryl methyl sites for hydroxylation is 1. The van der Waals surface area contributed by atoms with Gasteiger partial charge in [-0.3, -0.25) is 9.59 Å². The molecule has 0 bridgehead atoms. The maximum absolute atomic E-state index is 12.8. The molecule has 1 amide bonds. The van der Waals surface area contributed by atoms with Crippen molar-refractivity contribution in [1.29, 1.82) is 0 Å². The molecule has 5 nitrogen and oxygen atoms in total. The Morgan fingerprint density at radius 1 is 1.12 bits per heavy atom. The van der Waals surface area contributed by atoms with E-state index in [9.17, 15) is 9.59 Å². The molecule has 0 radical (unpaired) electrons. The predicted molar refractivity (Wildman–Crippen MR) is 97.2 cm³/mol. The van der Waals surface area contributed by atoms with Crippen LogP contribution in [0.1, 0.15) is 65.8 Å². The van der Waals surface area contributed by atoms with Crippen LogP contribution in [-0.4, -0.2) is 22.9 Å². The molecule has 0 aliphatic heterocycles. The number of Topliss-reactive ketones (excluding diaryl/α,β-unsaturated/α-hetero) is 1. The first-order valence-electron chi connectivity index (χ1n) is 8.29. The maximum Gasteiger partial charge on any atom is 0.257 e. The molecular formula is C19H23ClN2O3. The Morgan fingerprint density at radius 2 is 1.72 bits per heavy atom. The summed E-state index contributed by atoms with van der Waals surface area (Å²) in [6.45, 7) is 9.35. The minimum Gasteiger partial charge on any atom is -0.360 e.